The van der Waals surface area contributed by atoms with Gasteiger partial charge in [-0.15, -0.1) is 0 Å². The summed E-state index contributed by atoms with van der Waals surface area (Å²) in [4.78, 5) is 11.2. The van der Waals surface area contributed by atoms with E-state index in [1.807, 2.05) is 19.1 Å². The van der Waals surface area contributed by atoms with Crippen molar-refractivity contribution < 1.29 is 14.6 Å². The molecule has 2 N–H and O–H groups in total. The van der Waals surface area contributed by atoms with Crippen molar-refractivity contribution in [3.05, 3.63) is 29.8 Å². The summed E-state index contributed by atoms with van der Waals surface area (Å²) in [6, 6.07) is 7.76. The van der Waals surface area contributed by atoms with Gasteiger partial charge in [0.1, 0.15) is 11.8 Å². The molecule has 0 heterocycles. The third-order valence-corrected chi connectivity index (χ3v) is 3.66. The number of methoxy groups -OCH3 is 1. The lowest BCUT2D eigenvalue weighted by Crippen LogP contribution is -2.42. The Morgan fingerprint density at radius 3 is 2.48 bits per heavy atom. The van der Waals surface area contributed by atoms with Gasteiger partial charge in [-0.25, -0.2) is 0 Å². The van der Waals surface area contributed by atoms with Gasteiger partial charge >= 0.3 is 5.97 Å². The Balaban J connectivity index is 2.40. The molecule has 21 heavy (non-hydrogen) atoms. The maximum Gasteiger partial charge on any atom is 0.320 e. The molecule has 1 aromatic rings. The summed E-state index contributed by atoms with van der Waals surface area (Å²) in [5, 5.41) is 12.4. The van der Waals surface area contributed by atoms with Crippen molar-refractivity contribution in [1.82, 2.24) is 5.32 Å². The molecule has 0 saturated heterocycles. The first-order valence-electron chi connectivity index (χ1n) is 7.68. The van der Waals surface area contributed by atoms with Crippen molar-refractivity contribution in [2.75, 3.05) is 7.11 Å². The van der Waals surface area contributed by atoms with E-state index in [-0.39, 0.29) is 6.04 Å². The van der Waals surface area contributed by atoms with Crippen LogP contribution in [0.1, 0.15) is 45.1 Å². The zero-order valence-electron chi connectivity index (χ0n) is 13.3. The van der Waals surface area contributed by atoms with E-state index in [4.69, 9.17) is 4.74 Å². The van der Waals surface area contributed by atoms with E-state index in [1.165, 1.54) is 5.56 Å². The van der Waals surface area contributed by atoms with Crippen LogP contribution in [0.3, 0.4) is 0 Å². The normalized spacial score (nSPS) is 13.7. The van der Waals surface area contributed by atoms with Crippen molar-refractivity contribution in [2.24, 2.45) is 0 Å². The molecular weight excluding hydrogens is 266 g/mol. The largest absolute Gasteiger partial charge is 0.497 e. The SMILES string of the molecule is CCCC[C@H](NC(C)CCc1ccc(OC)cc1)C(=O)O. The molecule has 1 aromatic carbocycles. The van der Waals surface area contributed by atoms with Gasteiger partial charge in [-0.3, -0.25) is 4.79 Å². The molecule has 0 aliphatic heterocycles. The number of carboxylic acids is 1. The second-order valence-corrected chi connectivity index (χ2v) is 5.49. The Morgan fingerprint density at radius 1 is 1.29 bits per heavy atom. The lowest BCUT2D eigenvalue weighted by atomic mass is 10.0. The molecule has 0 aliphatic rings. The van der Waals surface area contributed by atoms with E-state index >= 15 is 0 Å². The predicted molar refractivity (Wildman–Crippen MR) is 84.9 cm³/mol. The molecule has 4 heteroatoms. The maximum absolute atomic E-state index is 11.2. The number of rotatable bonds is 10. The number of aliphatic carboxylic acids is 1. The van der Waals surface area contributed by atoms with E-state index in [9.17, 15) is 9.90 Å². The van der Waals surface area contributed by atoms with Gasteiger partial charge in [0.15, 0.2) is 0 Å². The number of benzene rings is 1. The fraction of sp³-hybridized carbons (Fsp3) is 0.588. The van der Waals surface area contributed by atoms with E-state index in [0.29, 0.717) is 6.42 Å². The quantitative estimate of drug-likeness (QED) is 0.695. The molecule has 0 aromatic heterocycles. The van der Waals surface area contributed by atoms with Gasteiger partial charge in [-0.2, -0.15) is 0 Å². The Labute approximate surface area is 127 Å². The smallest absolute Gasteiger partial charge is 0.320 e. The van der Waals surface area contributed by atoms with E-state index < -0.39 is 12.0 Å². The van der Waals surface area contributed by atoms with Gasteiger partial charge in [0.25, 0.3) is 0 Å². The van der Waals surface area contributed by atoms with Crippen LogP contribution in [0.5, 0.6) is 5.75 Å². The summed E-state index contributed by atoms with van der Waals surface area (Å²) < 4.78 is 5.13. The van der Waals surface area contributed by atoms with Crippen LogP contribution in [0.4, 0.5) is 0 Å². The Kier molecular flexibility index (Phi) is 7.83. The van der Waals surface area contributed by atoms with Crippen LogP contribution in [-0.2, 0) is 11.2 Å². The summed E-state index contributed by atoms with van der Waals surface area (Å²) in [6.45, 7) is 4.12. The number of unbranched alkanes of at least 4 members (excludes halogenated alkanes) is 1. The molecule has 0 radical (unpaired) electrons. The molecule has 0 saturated carbocycles. The van der Waals surface area contributed by atoms with Crippen LogP contribution >= 0.6 is 0 Å². The van der Waals surface area contributed by atoms with Gasteiger partial charge in [-0.05, 0) is 43.9 Å². The number of hydrogen-bond donors (Lipinski definition) is 2. The predicted octanol–water partition coefficient (Wildman–Crippen LogP) is 3.25. The molecule has 0 amide bonds. The van der Waals surface area contributed by atoms with Crippen LogP contribution in [-0.4, -0.2) is 30.3 Å². The lowest BCUT2D eigenvalue weighted by molar-refractivity contribution is -0.139. The molecule has 0 spiro atoms. The van der Waals surface area contributed by atoms with E-state index in [1.54, 1.807) is 7.11 Å². The summed E-state index contributed by atoms with van der Waals surface area (Å²) in [7, 11) is 1.66. The van der Waals surface area contributed by atoms with Crippen LogP contribution < -0.4 is 10.1 Å². The Morgan fingerprint density at radius 2 is 1.95 bits per heavy atom. The standard InChI is InChI=1S/C17H27NO3/c1-4-5-6-16(17(19)20)18-13(2)7-8-14-9-11-15(21-3)12-10-14/h9-13,16,18H,4-8H2,1-3H3,(H,19,20)/t13?,16-/m0/s1. The van der Waals surface area contributed by atoms with Crippen LogP contribution in [0.2, 0.25) is 0 Å². The maximum atomic E-state index is 11.2. The highest BCUT2D eigenvalue weighted by Gasteiger charge is 2.18. The van der Waals surface area contributed by atoms with Crippen LogP contribution in [0.15, 0.2) is 24.3 Å². The average molecular weight is 293 g/mol. The molecule has 2 atom stereocenters. The number of carbonyl (C=O) groups is 1. The number of hydrogen-bond acceptors (Lipinski definition) is 3. The zero-order valence-corrected chi connectivity index (χ0v) is 13.3. The lowest BCUT2D eigenvalue weighted by Gasteiger charge is -2.20. The molecule has 4 nitrogen and oxygen atoms in total. The minimum atomic E-state index is -0.750. The molecule has 1 unspecified atom stereocenters. The number of carboxylic acid groups (broad SMARTS) is 1. The first kappa shape index (κ1) is 17.5. The topological polar surface area (TPSA) is 58.6 Å². The summed E-state index contributed by atoms with van der Waals surface area (Å²) in [5.41, 5.74) is 1.24. The monoisotopic (exact) mass is 293 g/mol. The first-order chi connectivity index (χ1) is 10.1. The Bertz CT molecular complexity index is 417. The third kappa shape index (κ3) is 6.63. The molecular formula is C17H27NO3. The van der Waals surface area contributed by atoms with Gasteiger partial charge in [0, 0.05) is 6.04 Å². The number of ether oxygens (including phenoxy) is 1. The molecule has 118 valence electrons. The Hall–Kier alpha value is -1.55. The molecule has 0 bridgehead atoms. The highest BCUT2D eigenvalue weighted by atomic mass is 16.5. The minimum Gasteiger partial charge on any atom is -0.497 e. The second-order valence-electron chi connectivity index (χ2n) is 5.49. The van der Waals surface area contributed by atoms with E-state index in [0.717, 1.165) is 31.4 Å². The van der Waals surface area contributed by atoms with Crippen molar-refractivity contribution in [1.29, 1.82) is 0 Å². The van der Waals surface area contributed by atoms with Gasteiger partial charge in [0.2, 0.25) is 0 Å². The third-order valence-electron chi connectivity index (χ3n) is 3.66. The summed E-state index contributed by atoms with van der Waals surface area (Å²) in [5.74, 6) is 0.107. The van der Waals surface area contributed by atoms with Gasteiger partial charge in [-0.1, -0.05) is 31.9 Å². The fourth-order valence-corrected chi connectivity index (χ4v) is 2.29. The number of nitrogens with one attached hydrogen (secondary N) is 1. The van der Waals surface area contributed by atoms with Crippen molar-refractivity contribution in [3.63, 3.8) is 0 Å². The van der Waals surface area contributed by atoms with Crippen LogP contribution in [0, 0.1) is 0 Å². The van der Waals surface area contributed by atoms with Crippen molar-refractivity contribution in [3.8, 4) is 5.75 Å². The summed E-state index contributed by atoms with van der Waals surface area (Å²) in [6.07, 6.45) is 4.50. The summed E-state index contributed by atoms with van der Waals surface area (Å²) >= 11 is 0. The fourth-order valence-electron chi connectivity index (χ4n) is 2.29. The first-order valence-corrected chi connectivity index (χ1v) is 7.68. The van der Waals surface area contributed by atoms with Crippen molar-refractivity contribution in [2.45, 2.75) is 58.0 Å². The molecule has 1 rings (SSSR count). The molecule has 0 aliphatic carbocycles. The van der Waals surface area contributed by atoms with Crippen molar-refractivity contribution >= 4 is 5.97 Å². The van der Waals surface area contributed by atoms with Crippen LogP contribution in [0.25, 0.3) is 0 Å². The zero-order chi connectivity index (χ0) is 15.7. The minimum absolute atomic E-state index is 0.185. The highest BCUT2D eigenvalue weighted by molar-refractivity contribution is 5.73. The van der Waals surface area contributed by atoms with Gasteiger partial charge < -0.3 is 15.2 Å². The van der Waals surface area contributed by atoms with E-state index in [2.05, 4.69) is 24.4 Å². The second kappa shape index (κ2) is 9.40. The highest BCUT2D eigenvalue weighted by Crippen LogP contribution is 2.13. The number of aryl methyl sites for hydroxylation is 1. The van der Waals surface area contributed by atoms with Gasteiger partial charge in [0.05, 0.1) is 7.11 Å². The molecule has 0 fully saturated rings. The average Bonchev–Trinajstić information content (AvgIpc) is 2.49.